The van der Waals surface area contributed by atoms with Crippen LogP contribution >= 0.6 is 11.6 Å². The zero-order valence-electron chi connectivity index (χ0n) is 8.79. The van der Waals surface area contributed by atoms with Gasteiger partial charge in [-0.05, 0) is 6.07 Å². The van der Waals surface area contributed by atoms with Crippen molar-refractivity contribution in [2.24, 2.45) is 5.73 Å². The monoisotopic (exact) mass is 238 g/mol. The fourth-order valence-electron chi connectivity index (χ4n) is 0.995. The van der Waals surface area contributed by atoms with Gasteiger partial charge in [-0.15, -0.1) is 0 Å². The van der Waals surface area contributed by atoms with Crippen molar-refractivity contribution < 1.29 is 9.53 Å². The summed E-state index contributed by atoms with van der Waals surface area (Å²) in [5.41, 5.74) is 6.13. The highest BCUT2D eigenvalue weighted by molar-refractivity contribution is 6.30. The van der Waals surface area contributed by atoms with E-state index in [1.54, 1.807) is 6.07 Å². The molecule has 4 nitrogen and oxygen atoms in total. The smallest absolute Gasteiger partial charge is 0.339 e. The first-order valence-electron chi connectivity index (χ1n) is 4.62. The molecule has 0 saturated carbocycles. The van der Waals surface area contributed by atoms with E-state index in [0.29, 0.717) is 24.1 Å². The Bertz CT molecular complexity index is 449. The number of ether oxygens (including phenoxy) is 1. The van der Waals surface area contributed by atoms with Crippen LogP contribution in [0, 0.1) is 11.8 Å². The second kappa shape index (κ2) is 6.11. The Morgan fingerprint density at radius 3 is 3.06 bits per heavy atom. The summed E-state index contributed by atoms with van der Waals surface area (Å²) < 4.78 is 4.57. The first-order valence-corrected chi connectivity index (χ1v) is 4.99. The molecule has 1 aromatic heterocycles. The quantitative estimate of drug-likeness (QED) is 0.478. The first-order chi connectivity index (χ1) is 7.69. The fourth-order valence-corrected chi connectivity index (χ4v) is 1.15. The summed E-state index contributed by atoms with van der Waals surface area (Å²) in [5.74, 6) is 5.16. The molecule has 0 aliphatic carbocycles. The van der Waals surface area contributed by atoms with E-state index >= 15 is 0 Å². The molecule has 0 radical (unpaired) electrons. The third kappa shape index (κ3) is 3.23. The van der Waals surface area contributed by atoms with Crippen molar-refractivity contribution in [2.45, 2.75) is 6.42 Å². The van der Waals surface area contributed by atoms with Crippen LogP contribution in [-0.4, -0.2) is 24.6 Å². The Labute approximate surface area is 98.8 Å². The molecule has 1 rings (SSSR count). The Kier molecular flexibility index (Phi) is 4.77. The molecule has 0 bridgehead atoms. The van der Waals surface area contributed by atoms with Crippen molar-refractivity contribution >= 4 is 17.6 Å². The summed E-state index contributed by atoms with van der Waals surface area (Å²) in [6, 6.07) is 1.55. The molecule has 16 heavy (non-hydrogen) atoms. The van der Waals surface area contributed by atoms with Crippen LogP contribution in [0.25, 0.3) is 0 Å². The number of nitrogens with two attached hydrogens (primary N) is 1. The highest BCUT2D eigenvalue weighted by atomic mass is 35.5. The van der Waals surface area contributed by atoms with Crippen LogP contribution in [0.15, 0.2) is 12.3 Å². The van der Waals surface area contributed by atoms with Gasteiger partial charge < -0.3 is 10.5 Å². The predicted molar refractivity (Wildman–Crippen MR) is 61.1 cm³/mol. The van der Waals surface area contributed by atoms with Gasteiger partial charge in [0.05, 0.1) is 18.2 Å². The van der Waals surface area contributed by atoms with Gasteiger partial charge in [-0.1, -0.05) is 23.4 Å². The molecule has 0 aliphatic heterocycles. The van der Waals surface area contributed by atoms with Gasteiger partial charge in [-0.3, -0.25) is 0 Å². The van der Waals surface area contributed by atoms with Crippen LogP contribution < -0.4 is 5.73 Å². The molecular formula is C11H11ClN2O2. The van der Waals surface area contributed by atoms with Crippen molar-refractivity contribution in [3.63, 3.8) is 0 Å². The average Bonchev–Trinajstić information content (AvgIpc) is 2.31. The maximum absolute atomic E-state index is 11.2. The molecule has 2 N–H and O–H groups in total. The zero-order chi connectivity index (χ0) is 12.0. The first kappa shape index (κ1) is 12.5. The van der Waals surface area contributed by atoms with Crippen LogP contribution in [0.5, 0.6) is 0 Å². The van der Waals surface area contributed by atoms with E-state index in [2.05, 4.69) is 21.6 Å². The van der Waals surface area contributed by atoms with Crippen molar-refractivity contribution in [1.82, 2.24) is 4.98 Å². The number of pyridine rings is 1. The number of methoxy groups -OCH3 is 1. The molecule has 5 heteroatoms. The lowest BCUT2D eigenvalue weighted by Gasteiger charge is -2.00. The molecule has 0 aliphatic rings. The van der Waals surface area contributed by atoms with Gasteiger partial charge in [0, 0.05) is 19.2 Å². The van der Waals surface area contributed by atoms with Gasteiger partial charge in [-0.25, -0.2) is 9.78 Å². The number of rotatable bonds is 2. The number of carbonyl (C=O) groups excluding carboxylic acids is 1. The number of esters is 1. The van der Waals surface area contributed by atoms with Crippen LogP contribution in [0.3, 0.4) is 0 Å². The number of hydrogen-bond acceptors (Lipinski definition) is 4. The summed E-state index contributed by atoms with van der Waals surface area (Å²) in [7, 11) is 1.30. The predicted octanol–water partition coefficient (Wildman–Crippen LogP) is 1.22. The van der Waals surface area contributed by atoms with Gasteiger partial charge >= 0.3 is 5.97 Å². The third-order valence-corrected chi connectivity index (χ3v) is 2.05. The van der Waals surface area contributed by atoms with Crippen molar-refractivity contribution in [3.8, 4) is 11.8 Å². The summed E-state index contributed by atoms with van der Waals surface area (Å²) in [6.07, 6.45) is 1.92. The van der Waals surface area contributed by atoms with E-state index in [1.165, 1.54) is 13.3 Å². The molecule has 0 saturated heterocycles. The van der Waals surface area contributed by atoms with Gasteiger partial charge in [0.15, 0.2) is 0 Å². The third-order valence-electron chi connectivity index (χ3n) is 1.75. The van der Waals surface area contributed by atoms with E-state index in [4.69, 9.17) is 17.3 Å². The second-order valence-corrected chi connectivity index (χ2v) is 3.25. The van der Waals surface area contributed by atoms with Crippen LogP contribution in [0.1, 0.15) is 22.3 Å². The molecule has 0 unspecified atom stereocenters. The Hall–Kier alpha value is -1.57. The highest BCUT2D eigenvalue weighted by Gasteiger charge is 2.08. The normalized spacial score (nSPS) is 9.19. The lowest BCUT2D eigenvalue weighted by Crippen LogP contribution is -2.02. The molecule has 0 atom stereocenters. The largest absolute Gasteiger partial charge is 0.465 e. The van der Waals surface area contributed by atoms with Crippen LogP contribution in [0.2, 0.25) is 5.15 Å². The lowest BCUT2D eigenvalue weighted by atomic mass is 10.2. The standard InChI is InChI=1S/C11H11ClN2O2/c1-16-11(15)9-6-8(4-2-3-5-13)10(12)14-7-9/h6-7H,3,5,13H2,1H3. The number of hydrogen-bond donors (Lipinski definition) is 1. The number of halogens is 1. The lowest BCUT2D eigenvalue weighted by molar-refractivity contribution is 0.0600. The highest BCUT2D eigenvalue weighted by Crippen LogP contribution is 2.13. The number of carbonyl (C=O) groups is 1. The van der Waals surface area contributed by atoms with E-state index in [1.807, 2.05) is 0 Å². The van der Waals surface area contributed by atoms with Crippen LogP contribution in [0.4, 0.5) is 0 Å². The summed E-state index contributed by atoms with van der Waals surface area (Å²) in [5, 5.41) is 0.261. The Balaban J connectivity index is 3.01. The number of nitrogens with zero attached hydrogens (tertiary/aromatic N) is 1. The molecule has 0 amide bonds. The summed E-state index contributed by atoms with van der Waals surface area (Å²) >= 11 is 5.83. The zero-order valence-corrected chi connectivity index (χ0v) is 9.54. The Morgan fingerprint density at radius 2 is 2.44 bits per heavy atom. The molecule has 1 aromatic rings. The van der Waals surface area contributed by atoms with Crippen molar-refractivity contribution in [3.05, 3.63) is 28.5 Å². The minimum Gasteiger partial charge on any atom is -0.465 e. The van der Waals surface area contributed by atoms with E-state index < -0.39 is 5.97 Å². The van der Waals surface area contributed by atoms with E-state index in [9.17, 15) is 4.79 Å². The van der Waals surface area contributed by atoms with Gasteiger partial charge in [-0.2, -0.15) is 0 Å². The summed E-state index contributed by atoms with van der Waals surface area (Å²) in [4.78, 5) is 15.1. The molecule has 0 spiro atoms. The van der Waals surface area contributed by atoms with Crippen molar-refractivity contribution in [1.29, 1.82) is 0 Å². The maximum Gasteiger partial charge on any atom is 0.339 e. The van der Waals surface area contributed by atoms with E-state index in [0.717, 1.165) is 0 Å². The molecular weight excluding hydrogens is 228 g/mol. The minimum absolute atomic E-state index is 0.261. The van der Waals surface area contributed by atoms with Gasteiger partial charge in [0.25, 0.3) is 0 Å². The molecule has 84 valence electrons. The summed E-state index contributed by atoms with van der Waals surface area (Å²) in [6.45, 7) is 0.481. The Morgan fingerprint density at radius 1 is 1.69 bits per heavy atom. The van der Waals surface area contributed by atoms with Crippen molar-refractivity contribution in [2.75, 3.05) is 13.7 Å². The van der Waals surface area contributed by atoms with Gasteiger partial charge in [0.1, 0.15) is 5.15 Å². The topological polar surface area (TPSA) is 65.2 Å². The molecule has 0 aromatic carbocycles. The minimum atomic E-state index is -0.467. The second-order valence-electron chi connectivity index (χ2n) is 2.89. The maximum atomic E-state index is 11.2. The van der Waals surface area contributed by atoms with Gasteiger partial charge in [0.2, 0.25) is 0 Å². The molecule has 1 heterocycles. The SMILES string of the molecule is COC(=O)c1cnc(Cl)c(C#CCCN)c1. The fraction of sp³-hybridized carbons (Fsp3) is 0.273. The average molecular weight is 239 g/mol. The number of aromatic nitrogens is 1. The van der Waals surface area contributed by atoms with Crippen LogP contribution in [-0.2, 0) is 4.74 Å². The van der Waals surface area contributed by atoms with E-state index in [-0.39, 0.29) is 5.15 Å². The molecule has 0 fully saturated rings.